The third kappa shape index (κ3) is 3.78. The molecule has 2 rings (SSSR count). The zero-order valence-corrected chi connectivity index (χ0v) is 11.1. The summed E-state index contributed by atoms with van der Waals surface area (Å²) in [7, 11) is 0. The van der Waals surface area contributed by atoms with E-state index in [1.165, 1.54) is 23.5 Å². The summed E-state index contributed by atoms with van der Waals surface area (Å²) in [5.74, 6) is 0. The van der Waals surface area contributed by atoms with Crippen molar-refractivity contribution in [3.8, 4) is 0 Å². The van der Waals surface area contributed by atoms with Crippen LogP contribution in [0.3, 0.4) is 0 Å². The Morgan fingerprint density at radius 1 is 1.21 bits per heavy atom. The second kappa shape index (κ2) is 5.71. The Kier molecular flexibility index (Phi) is 4.21. The van der Waals surface area contributed by atoms with Crippen LogP contribution in [0.25, 0.3) is 0 Å². The van der Waals surface area contributed by atoms with Gasteiger partial charge in [-0.05, 0) is 18.6 Å². The van der Waals surface area contributed by atoms with Crippen LogP contribution in [0.15, 0.2) is 29.6 Å². The summed E-state index contributed by atoms with van der Waals surface area (Å²) in [6.07, 6.45) is -4.31. The van der Waals surface area contributed by atoms with Crippen molar-refractivity contribution in [2.45, 2.75) is 26.2 Å². The van der Waals surface area contributed by atoms with Crippen LogP contribution >= 0.6 is 11.3 Å². The number of benzene rings is 1. The number of rotatable bonds is 4. The van der Waals surface area contributed by atoms with Crippen molar-refractivity contribution in [3.63, 3.8) is 0 Å². The molecular formula is C13H13F3N2S. The molecule has 0 amide bonds. The van der Waals surface area contributed by atoms with Crippen molar-refractivity contribution in [1.29, 1.82) is 0 Å². The van der Waals surface area contributed by atoms with Gasteiger partial charge in [0.05, 0.1) is 5.56 Å². The molecule has 6 heteroatoms. The first-order valence-corrected chi connectivity index (χ1v) is 6.61. The quantitative estimate of drug-likeness (QED) is 0.925. The van der Waals surface area contributed by atoms with Crippen molar-refractivity contribution < 1.29 is 13.2 Å². The first-order valence-electron chi connectivity index (χ1n) is 5.73. The van der Waals surface area contributed by atoms with Gasteiger partial charge in [-0.1, -0.05) is 18.2 Å². The minimum atomic E-state index is -4.31. The third-order valence-electron chi connectivity index (χ3n) is 2.58. The van der Waals surface area contributed by atoms with E-state index in [1.54, 1.807) is 6.07 Å². The molecule has 0 aliphatic heterocycles. The molecule has 0 spiro atoms. The normalized spacial score (nSPS) is 11.8. The van der Waals surface area contributed by atoms with E-state index >= 15 is 0 Å². The van der Waals surface area contributed by atoms with Gasteiger partial charge in [0.25, 0.3) is 0 Å². The summed E-state index contributed by atoms with van der Waals surface area (Å²) in [4.78, 5) is 4.25. The molecular weight excluding hydrogens is 273 g/mol. The first kappa shape index (κ1) is 14.0. The van der Waals surface area contributed by atoms with Crippen molar-refractivity contribution in [3.05, 3.63) is 51.5 Å². The average Bonchev–Trinajstić information content (AvgIpc) is 2.74. The van der Waals surface area contributed by atoms with Gasteiger partial charge in [-0.2, -0.15) is 13.2 Å². The summed E-state index contributed by atoms with van der Waals surface area (Å²) in [5.41, 5.74) is 0.596. The van der Waals surface area contributed by atoms with Gasteiger partial charge in [0, 0.05) is 24.2 Å². The number of halogens is 3. The Morgan fingerprint density at radius 2 is 1.95 bits per heavy atom. The van der Waals surface area contributed by atoms with E-state index in [1.807, 2.05) is 12.3 Å². The highest BCUT2D eigenvalue weighted by Crippen LogP contribution is 2.31. The lowest BCUT2D eigenvalue weighted by atomic mass is 10.1. The van der Waals surface area contributed by atoms with E-state index in [2.05, 4.69) is 10.3 Å². The molecule has 0 unspecified atom stereocenters. The average molecular weight is 286 g/mol. The largest absolute Gasteiger partial charge is 0.416 e. The predicted octanol–water partition coefficient (Wildman–Crippen LogP) is 3.76. The molecule has 0 radical (unpaired) electrons. The van der Waals surface area contributed by atoms with Crippen molar-refractivity contribution >= 4 is 11.3 Å². The van der Waals surface area contributed by atoms with Crippen molar-refractivity contribution in [1.82, 2.24) is 10.3 Å². The summed E-state index contributed by atoms with van der Waals surface area (Å²) in [6, 6.07) is 5.60. The molecule has 0 atom stereocenters. The number of hydrogen-bond acceptors (Lipinski definition) is 3. The van der Waals surface area contributed by atoms with Crippen molar-refractivity contribution in [2.24, 2.45) is 0 Å². The van der Waals surface area contributed by atoms with Gasteiger partial charge in [0.2, 0.25) is 0 Å². The lowest BCUT2D eigenvalue weighted by molar-refractivity contribution is -0.138. The molecule has 1 aromatic heterocycles. The van der Waals surface area contributed by atoms with E-state index in [4.69, 9.17) is 0 Å². The molecule has 2 nitrogen and oxygen atoms in total. The Labute approximate surface area is 113 Å². The molecule has 1 heterocycles. The van der Waals surface area contributed by atoms with Crippen LogP contribution in [-0.2, 0) is 19.3 Å². The maximum Gasteiger partial charge on any atom is 0.416 e. The molecule has 1 N–H and O–H groups in total. The van der Waals surface area contributed by atoms with E-state index in [0.29, 0.717) is 6.54 Å². The predicted molar refractivity (Wildman–Crippen MR) is 68.8 cm³/mol. The van der Waals surface area contributed by atoms with E-state index < -0.39 is 11.7 Å². The fraction of sp³-hybridized carbons (Fsp3) is 0.308. The topological polar surface area (TPSA) is 24.9 Å². The van der Waals surface area contributed by atoms with Gasteiger partial charge >= 0.3 is 6.18 Å². The standard InChI is InChI=1S/C13H13F3N2S/c1-9-8-19-12(18-9)7-17-6-10-4-2-3-5-11(10)13(14,15)16/h2-5,8,17H,6-7H2,1H3. The highest BCUT2D eigenvalue weighted by molar-refractivity contribution is 7.09. The Hall–Kier alpha value is -1.40. The second-order valence-electron chi connectivity index (χ2n) is 4.14. The molecule has 2 aromatic rings. The van der Waals surface area contributed by atoms with Crippen LogP contribution in [0.1, 0.15) is 21.8 Å². The van der Waals surface area contributed by atoms with Gasteiger partial charge in [-0.25, -0.2) is 4.98 Å². The van der Waals surface area contributed by atoms with Crippen LogP contribution in [-0.4, -0.2) is 4.98 Å². The molecule has 0 aliphatic carbocycles. The lowest BCUT2D eigenvalue weighted by Gasteiger charge is -2.12. The molecule has 102 valence electrons. The van der Waals surface area contributed by atoms with Crippen LogP contribution in [0.4, 0.5) is 13.2 Å². The highest BCUT2D eigenvalue weighted by Gasteiger charge is 2.32. The molecule has 1 aromatic carbocycles. The summed E-state index contributed by atoms with van der Waals surface area (Å²) >= 11 is 1.50. The van der Waals surface area contributed by atoms with Gasteiger partial charge in [0.1, 0.15) is 5.01 Å². The smallest absolute Gasteiger partial charge is 0.306 e. The number of aromatic nitrogens is 1. The summed E-state index contributed by atoms with van der Waals surface area (Å²) < 4.78 is 38.3. The Balaban J connectivity index is 2.00. The van der Waals surface area contributed by atoms with E-state index in [9.17, 15) is 13.2 Å². The molecule has 0 fully saturated rings. The number of nitrogens with zero attached hydrogens (tertiary/aromatic N) is 1. The van der Waals surface area contributed by atoms with Crippen molar-refractivity contribution in [2.75, 3.05) is 0 Å². The molecule has 0 bridgehead atoms. The maximum absolute atomic E-state index is 12.8. The fourth-order valence-electron chi connectivity index (χ4n) is 1.74. The third-order valence-corrected chi connectivity index (χ3v) is 3.55. The lowest BCUT2D eigenvalue weighted by Crippen LogP contribution is -2.17. The maximum atomic E-state index is 12.8. The van der Waals surface area contributed by atoms with Gasteiger partial charge in [0.15, 0.2) is 0 Å². The monoisotopic (exact) mass is 286 g/mol. The Morgan fingerprint density at radius 3 is 2.58 bits per heavy atom. The summed E-state index contributed by atoms with van der Waals surface area (Å²) in [5, 5.41) is 5.79. The van der Waals surface area contributed by atoms with Crippen LogP contribution in [0.2, 0.25) is 0 Å². The minimum absolute atomic E-state index is 0.175. The van der Waals surface area contributed by atoms with Crippen LogP contribution in [0, 0.1) is 6.92 Å². The fourth-order valence-corrected chi connectivity index (χ4v) is 2.48. The second-order valence-corrected chi connectivity index (χ2v) is 5.08. The zero-order chi connectivity index (χ0) is 13.9. The van der Waals surface area contributed by atoms with Crippen LogP contribution in [0.5, 0.6) is 0 Å². The summed E-state index contributed by atoms with van der Waals surface area (Å²) in [6.45, 7) is 2.54. The van der Waals surface area contributed by atoms with Crippen LogP contribution < -0.4 is 5.32 Å². The van der Waals surface area contributed by atoms with Gasteiger partial charge in [-0.3, -0.25) is 0 Å². The molecule has 19 heavy (non-hydrogen) atoms. The minimum Gasteiger partial charge on any atom is -0.306 e. The van der Waals surface area contributed by atoms with Gasteiger partial charge in [-0.15, -0.1) is 11.3 Å². The number of alkyl halides is 3. The van der Waals surface area contributed by atoms with E-state index in [-0.39, 0.29) is 12.1 Å². The number of nitrogens with one attached hydrogen (secondary N) is 1. The molecule has 0 saturated carbocycles. The van der Waals surface area contributed by atoms with Gasteiger partial charge < -0.3 is 5.32 Å². The first-order chi connectivity index (χ1) is 8.97. The molecule has 0 aliphatic rings. The zero-order valence-electron chi connectivity index (χ0n) is 10.3. The Bertz CT molecular complexity index is 549. The highest BCUT2D eigenvalue weighted by atomic mass is 32.1. The van der Waals surface area contributed by atoms with E-state index in [0.717, 1.165) is 16.8 Å². The molecule has 0 saturated heterocycles. The SMILES string of the molecule is Cc1csc(CNCc2ccccc2C(F)(F)F)n1. The number of hydrogen-bond donors (Lipinski definition) is 1. The number of aryl methyl sites for hydroxylation is 1. The number of thiazole rings is 1.